The summed E-state index contributed by atoms with van der Waals surface area (Å²) in [4.78, 5) is 23.9. The third-order valence-corrected chi connectivity index (χ3v) is 3.74. The van der Waals surface area contributed by atoms with Crippen LogP contribution in [0.5, 0.6) is 0 Å². The lowest BCUT2D eigenvalue weighted by Crippen LogP contribution is -2.33. The van der Waals surface area contributed by atoms with Crippen molar-refractivity contribution in [1.29, 1.82) is 0 Å². The molecule has 8 heteroatoms. The molecule has 3 aromatic rings. The Morgan fingerprint density at radius 2 is 1.92 bits per heavy atom. The van der Waals surface area contributed by atoms with Crippen LogP contribution in [0.25, 0.3) is 5.69 Å². The number of rotatable bonds is 5. The molecule has 0 bridgehead atoms. The minimum atomic E-state index is -0.714. The number of nitrogens with one attached hydrogen (secondary N) is 2. The summed E-state index contributed by atoms with van der Waals surface area (Å²) in [6.45, 7) is -0.300. The molecule has 26 heavy (non-hydrogen) atoms. The maximum absolute atomic E-state index is 13.6. The molecule has 0 aliphatic carbocycles. The Kier molecular flexibility index (Phi) is 5.28. The lowest BCUT2D eigenvalue weighted by molar-refractivity contribution is -0.115. The smallest absolute Gasteiger partial charge is 0.254 e. The molecule has 0 saturated heterocycles. The van der Waals surface area contributed by atoms with Crippen LogP contribution >= 0.6 is 11.6 Å². The standard InChI is InChI=1S/C18H14ClFN4O2/c19-12-2-7-16(20)15(10-12)18(26)21-11-17(25)23-13-3-5-14(6-4-13)24-9-1-8-22-24/h1-10H,11H2,(H,21,26)(H,23,25). The normalized spacial score (nSPS) is 10.4. The number of anilines is 1. The highest BCUT2D eigenvalue weighted by Crippen LogP contribution is 2.15. The van der Waals surface area contributed by atoms with E-state index >= 15 is 0 Å². The number of hydrogen-bond donors (Lipinski definition) is 2. The number of benzene rings is 2. The van der Waals surface area contributed by atoms with E-state index in [1.54, 1.807) is 47.4 Å². The molecule has 2 N–H and O–H groups in total. The Balaban J connectivity index is 1.55. The summed E-state index contributed by atoms with van der Waals surface area (Å²) in [5.41, 5.74) is 1.20. The quantitative estimate of drug-likeness (QED) is 0.722. The molecule has 0 unspecified atom stereocenters. The fraction of sp³-hybridized carbons (Fsp3) is 0.0556. The van der Waals surface area contributed by atoms with Crippen LogP contribution in [0.3, 0.4) is 0 Å². The zero-order valence-corrected chi connectivity index (χ0v) is 14.2. The number of carbonyl (C=O) groups excluding carboxylic acids is 2. The van der Waals surface area contributed by atoms with E-state index < -0.39 is 17.6 Å². The van der Waals surface area contributed by atoms with Gasteiger partial charge in [0.1, 0.15) is 5.82 Å². The zero-order chi connectivity index (χ0) is 18.5. The van der Waals surface area contributed by atoms with Gasteiger partial charge in [-0.1, -0.05) is 11.6 Å². The molecule has 2 aromatic carbocycles. The monoisotopic (exact) mass is 372 g/mol. The number of carbonyl (C=O) groups is 2. The van der Waals surface area contributed by atoms with E-state index in [4.69, 9.17) is 11.6 Å². The van der Waals surface area contributed by atoms with Crippen molar-refractivity contribution < 1.29 is 14.0 Å². The maximum atomic E-state index is 13.6. The van der Waals surface area contributed by atoms with Gasteiger partial charge >= 0.3 is 0 Å². The second kappa shape index (κ2) is 7.79. The molecule has 0 saturated carbocycles. The van der Waals surface area contributed by atoms with Gasteiger partial charge in [0.15, 0.2) is 0 Å². The van der Waals surface area contributed by atoms with Gasteiger partial charge in [-0.3, -0.25) is 9.59 Å². The third-order valence-electron chi connectivity index (χ3n) is 3.50. The van der Waals surface area contributed by atoms with E-state index in [2.05, 4.69) is 15.7 Å². The Labute approximate surface area is 153 Å². The molecule has 2 amide bonds. The highest BCUT2D eigenvalue weighted by molar-refractivity contribution is 6.31. The van der Waals surface area contributed by atoms with Crippen LogP contribution in [-0.2, 0) is 4.79 Å². The van der Waals surface area contributed by atoms with Crippen molar-refractivity contribution >= 4 is 29.1 Å². The highest BCUT2D eigenvalue weighted by atomic mass is 35.5. The molecule has 0 fully saturated rings. The lowest BCUT2D eigenvalue weighted by atomic mass is 10.2. The maximum Gasteiger partial charge on any atom is 0.254 e. The van der Waals surface area contributed by atoms with Crippen LogP contribution in [0, 0.1) is 5.82 Å². The average molecular weight is 373 g/mol. The van der Waals surface area contributed by atoms with Crippen LogP contribution < -0.4 is 10.6 Å². The van der Waals surface area contributed by atoms with Crippen molar-refractivity contribution in [2.24, 2.45) is 0 Å². The summed E-state index contributed by atoms with van der Waals surface area (Å²) < 4.78 is 15.3. The minimum Gasteiger partial charge on any atom is -0.343 e. The predicted octanol–water partition coefficient (Wildman–Crippen LogP) is 3.03. The molecule has 1 heterocycles. The van der Waals surface area contributed by atoms with Crippen molar-refractivity contribution in [2.75, 3.05) is 11.9 Å². The van der Waals surface area contributed by atoms with Crippen LogP contribution in [0.15, 0.2) is 60.9 Å². The molecule has 0 atom stereocenters. The summed E-state index contributed by atoms with van der Waals surface area (Å²) >= 11 is 5.75. The highest BCUT2D eigenvalue weighted by Gasteiger charge is 2.13. The molecule has 6 nitrogen and oxygen atoms in total. The number of amides is 2. The number of nitrogens with zero attached hydrogens (tertiary/aromatic N) is 2. The lowest BCUT2D eigenvalue weighted by Gasteiger charge is -2.09. The number of aromatic nitrogens is 2. The van der Waals surface area contributed by atoms with Crippen LogP contribution in [0.2, 0.25) is 5.02 Å². The molecule has 0 aliphatic rings. The SMILES string of the molecule is O=C(CNC(=O)c1cc(Cl)ccc1F)Nc1ccc(-n2cccn2)cc1. The van der Waals surface area contributed by atoms with Gasteiger partial charge in [0.25, 0.3) is 5.91 Å². The first kappa shape index (κ1) is 17.6. The molecule has 0 spiro atoms. The molecular weight excluding hydrogens is 359 g/mol. The first-order chi connectivity index (χ1) is 12.5. The van der Waals surface area contributed by atoms with E-state index in [1.807, 2.05) is 0 Å². The Bertz CT molecular complexity index is 927. The van der Waals surface area contributed by atoms with E-state index in [9.17, 15) is 14.0 Å². The molecular formula is C18H14ClFN4O2. The van der Waals surface area contributed by atoms with Crippen molar-refractivity contribution in [3.63, 3.8) is 0 Å². The second-order valence-corrected chi connectivity index (χ2v) is 5.79. The van der Waals surface area contributed by atoms with Gasteiger partial charge < -0.3 is 10.6 Å². The summed E-state index contributed by atoms with van der Waals surface area (Å²) in [6, 6.07) is 12.5. The number of halogens is 2. The van der Waals surface area contributed by atoms with Gasteiger partial charge in [0, 0.05) is 23.1 Å². The third kappa shape index (κ3) is 4.25. The molecule has 3 rings (SSSR count). The van der Waals surface area contributed by atoms with Gasteiger partial charge in [0.2, 0.25) is 5.91 Å². The Morgan fingerprint density at radius 1 is 1.15 bits per heavy atom. The summed E-state index contributed by atoms with van der Waals surface area (Å²) in [6.07, 6.45) is 3.47. The van der Waals surface area contributed by atoms with Gasteiger partial charge in [0.05, 0.1) is 17.8 Å². The molecule has 132 valence electrons. The summed E-state index contributed by atoms with van der Waals surface area (Å²) in [5.74, 6) is -1.86. The minimum absolute atomic E-state index is 0.214. The predicted molar refractivity (Wildman–Crippen MR) is 95.9 cm³/mol. The molecule has 0 radical (unpaired) electrons. The Hall–Kier alpha value is -3.19. The van der Waals surface area contributed by atoms with Crippen molar-refractivity contribution in [3.05, 3.63) is 77.3 Å². The first-order valence-electron chi connectivity index (χ1n) is 7.66. The zero-order valence-electron chi connectivity index (χ0n) is 13.4. The summed E-state index contributed by atoms with van der Waals surface area (Å²) in [5, 5.41) is 9.35. The summed E-state index contributed by atoms with van der Waals surface area (Å²) in [7, 11) is 0. The fourth-order valence-corrected chi connectivity index (χ4v) is 2.42. The number of hydrogen-bond acceptors (Lipinski definition) is 3. The van der Waals surface area contributed by atoms with E-state index in [0.29, 0.717) is 5.69 Å². The fourth-order valence-electron chi connectivity index (χ4n) is 2.25. The van der Waals surface area contributed by atoms with Crippen LogP contribution in [-0.4, -0.2) is 28.1 Å². The van der Waals surface area contributed by atoms with Crippen LogP contribution in [0.1, 0.15) is 10.4 Å². The van der Waals surface area contributed by atoms with Crippen molar-refractivity contribution in [3.8, 4) is 5.69 Å². The van der Waals surface area contributed by atoms with Crippen LogP contribution in [0.4, 0.5) is 10.1 Å². The van der Waals surface area contributed by atoms with E-state index in [1.165, 1.54) is 12.1 Å². The first-order valence-corrected chi connectivity index (χ1v) is 8.04. The molecule has 0 aliphatic heterocycles. The van der Waals surface area contributed by atoms with Gasteiger partial charge in [-0.05, 0) is 48.5 Å². The van der Waals surface area contributed by atoms with Gasteiger partial charge in [-0.2, -0.15) is 5.10 Å². The second-order valence-electron chi connectivity index (χ2n) is 5.35. The topological polar surface area (TPSA) is 76.0 Å². The van der Waals surface area contributed by atoms with Crippen molar-refractivity contribution in [1.82, 2.24) is 15.1 Å². The average Bonchev–Trinajstić information content (AvgIpc) is 3.17. The van der Waals surface area contributed by atoms with Crippen molar-refractivity contribution in [2.45, 2.75) is 0 Å². The van der Waals surface area contributed by atoms with Gasteiger partial charge in [-0.15, -0.1) is 0 Å². The molecule has 1 aromatic heterocycles. The van der Waals surface area contributed by atoms with E-state index in [0.717, 1.165) is 11.8 Å². The largest absolute Gasteiger partial charge is 0.343 e. The van der Waals surface area contributed by atoms with E-state index in [-0.39, 0.29) is 17.1 Å². The Morgan fingerprint density at radius 3 is 2.62 bits per heavy atom. The van der Waals surface area contributed by atoms with Gasteiger partial charge in [-0.25, -0.2) is 9.07 Å².